The minimum atomic E-state index is -0.308. The number of carbonyl (C=O) groups excluding carboxylic acids is 4. The molecule has 0 aromatic heterocycles. The van der Waals surface area contributed by atoms with Crippen LogP contribution in [0.3, 0.4) is 0 Å². The first-order valence-corrected chi connectivity index (χ1v) is 8.41. The van der Waals surface area contributed by atoms with Gasteiger partial charge < -0.3 is 10.6 Å². The maximum atomic E-state index is 12.2. The number of fused-ring (bicyclic) bond motifs is 1. The molecule has 0 fully saturated rings. The zero-order valence-corrected chi connectivity index (χ0v) is 14.5. The third-order valence-corrected chi connectivity index (χ3v) is 3.93. The first kappa shape index (κ1) is 18.6. The van der Waals surface area contributed by atoms with Gasteiger partial charge in [-0.25, -0.2) is 0 Å². The van der Waals surface area contributed by atoms with E-state index in [0.29, 0.717) is 30.6 Å². The second-order valence-corrected chi connectivity index (χ2v) is 6.21. The first-order chi connectivity index (χ1) is 11.9. The van der Waals surface area contributed by atoms with Crippen LogP contribution in [0.4, 0.5) is 0 Å². The summed E-state index contributed by atoms with van der Waals surface area (Å²) < 4.78 is 0. The zero-order valence-electron chi connectivity index (χ0n) is 14.5. The number of carbonyl (C=O) groups is 4. The summed E-state index contributed by atoms with van der Waals surface area (Å²) in [5.41, 5.74) is 0.829. The monoisotopic (exact) mass is 345 g/mol. The molecule has 0 spiro atoms. The van der Waals surface area contributed by atoms with Crippen molar-refractivity contribution in [3.05, 3.63) is 35.4 Å². The van der Waals surface area contributed by atoms with Crippen molar-refractivity contribution in [3.8, 4) is 0 Å². The number of imide groups is 1. The van der Waals surface area contributed by atoms with Gasteiger partial charge in [-0.1, -0.05) is 26.0 Å². The van der Waals surface area contributed by atoms with Crippen LogP contribution < -0.4 is 10.6 Å². The molecular formula is C18H23N3O4. The fraction of sp³-hybridized carbons (Fsp3) is 0.444. The SMILES string of the molecule is CC(C)C(=O)NCCNC(=O)CCCN1C(=O)c2ccccc2C1=O. The molecule has 134 valence electrons. The summed E-state index contributed by atoms with van der Waals surface area (Å²) in [7, 11) is 0. The van der Waals surface area contributed by atoms with Gasteiger partial charge >= 0.3 is 0 Å². The summed E-state index contributed by atoms with van der Waals surface area (Å²) in [6.45, 7) is 4.54. The standard InChI is InChI=1S/C18H23N3O4/c1-12(2)16(23)20-10-9-19-15(22)8-5-11-21-17(24)13-6-3-4-7-14(13)18(21)25/h3-4,6-7,12H,5,8-11H2,1-2H3,(H,19,22)(H,20,23). The zero-order chi connectivity index (χ0) is 18.4. The van der Waals surface area contributed by atoms with Gasteiger partial charge in [-0.15, -0.1) is 0 Å². The van der Waals surface area contributed by atoms with Gasteiger partial charge in [-0.2, -0.15) is 0 Å². The summed E-state index contributed by atoms with van der Waals surface area (Å²) in [6.07, 6.45) is 0.612. The second-order valence-electron chi connectivity index (χ2n) is 6.21. The topological polar surface area (TPSA) is 95.6 Å². The van der Waals surface area contributed by atoms with E-state index in [4.69, 9.17) is 0 Å². The Kier molecular flexibility index (Phi) is 6.27. The van der Waals surface area contributed by atoms with Gasteiger partial charge in [-0.3, -0.25) is 24.1 Å². The van der Waals surface area contributed by atoms with Crippen molar-refractivity contribution in [1.82, 2.24) is 15.5 Å². The van der Waals surface area contributed by atoms with Crippen LogP contribution in [0.15, 0.2) is 24.3 Å². The van der Waals surface area contributed by atoms with Crippen LogP contribution >= 0.6 is 0 Å². The molecule has 1 aromatic rings. The number of amides is 4. The van der Waals surface area contributed by atoms with Crippen LogP contribution in [0.2, 0.25) is 0 Å². The average molecular weight is 345 g/mol. The molecule has 0 unspecified atom stereocenters. The highest BCUT2D eigenvalue weighted by Crippen LogP contribution is 2.22. The van der Waals surface area contributed by atoms with E-state index in [9.17, 15) is 19.2 Å². The maximum Gasteiger partial charge on any atom is 0.261 e. The fourth-order valence-electron chi connectivity index (χ4n) is 2.52. The Morgan fingerprint density at radius 1 is 1.00 bits per heavy atom. The van der Waals surface area contributed by atoms with E-state index in [1.54, 1.807) is 38.1 Å². The number of nitrogens with zero attached hydrogens (tertiary/aromatic N) is 1. The van der Waals surface area contributed by atoms with Crippen LogP contribution in [-0.4, -0.2) is 48.2 Å². The highest BCUT2D eigenvalue weighted by atomic mass is 16.2. The molecule has 0 aliphatic carbocycles. The summed E-state index contributed by atoms with van der Waals surface area (Å²) in [6, 6.07) is 6.71. The van der Waals surface area contributed by atoms with E-state index < -0.39 is 0 Å². The minimum absolute atomic E-state index is 0.0557. The van der Waals surface area contributed by atoms with Gasteiger partial charge in [0, 0.05) is 32.0 Å². The lowest BCUT2D eigenvalue weighted by Crippen LogP contribution is -2.36. The number of nitrogens with one attached hydrogen (secondary N) is 2. The third-order valence-electron chi connectivity index (χ3n) is 3.93. The number of hydrogen-bond acceptors (Lipinski definition) is 4. The Labute approximate surface area is 146 Å². The number of rotatable bonds is 8. The Morgan fingerprint density at radius 2 is 1.56 bits per heavy atom. The summed E-state index contributed by atoms with van der Waals surface area (Å²) in [4.78, 5) is 48.7. The van der Waals surface area contributed by atoms with Crippen molar-refractivity contribution in [2.24, 2.45) is 5.92 Å². The van der Waals surface area contributed by atoms with Gasteiger partial charge in [0.25, 0.3) is 11.8 Å². The highest BCUT2D eigenvalue weighted by molar-refractivity contribution is 6.21. The Hall–Kier alpha value is -2.70. The van der Waals surface area contributed by atoms with Gasteiger partial charge in [0.2, 0.25) is 11.8 Å². The molecule has 0 saturated heterocycles. The fourth-order valence-corrected chi connectivity index (χ4v) is 2.52. The lowest BCUT2D eigenvalue weighted by atomic mass is 10.1. The summed E-state index contributed by atoms with van der Waals surface area (Å²) >= 11 is 0. The predicted molar refractivity (Wildman–Crippen MR) is 91.9 cm³/mol. The normalized spacial score (nSPS) is 13.2. The van der Waals surface area contributed by atoms with Crippen LogP contribution in [0.1, 0.15) is 47.4 Å². The van der Waals surface area contributed by atoms with Crippen molar-refractivity contribution >= 4 is 23.6 Å². The van der Waals surface area contributed by atoms with Crippen molar-refractivity contribution in [3.63, 3.8) is 0 Å². The molecule has 7 heteroatoms. The van der Waals surface area contributed by atoms with Gasteiger partial charge in [0.15, 0.2) is 0 Å². The van der Waals surface area contributed by atoms with Crippen molar-refractivity contribution < 1.29 is 19.2 Å². The molecule has 2 rings (SSSR count). The molecule has 1 heterocycles. The van der Waals surface area contributed by atoms with E-state index >= 15 is 0 Å². The molecule has 0 atom stereocenters. The van der Waals surface area contributed by atoms with Crippen LogP contribution in [-0.2, 0) is 9.59 Å². The molecule has 1 aromatic carbocycles. The lowest BCUT2D eigenvalue weighted by molar-refractivity contribution is -0.124. The van der Waals surface area contributed by atoms with E-state index in [-0.39, 0.29) is 42.5 Å². The maximum absolute atomic E-state index is 12.2. The summed E-state index contributed by atoms with van der Waals surface area (Å²) in [5.74, 6) is -0.930. The molecule has 1 aliphatic heterocycles. The van der Waals surface area contributed by atoms with E-state index in [1.165, 1.54) is 4.90 Å². The van der Waals surface area contributed by atoms with Crippen molar-refractivity contribution in [2.45, 2.75) is 26.7 Å². The molecule has 1 aliphatic rings. The highest BCUT2D eigenvalue weighted by Gasteiger charge is 2.34. The molecule has 2 N–H and O–H groups in total. The van der Waals surface area contributed by atoms with E-state index in [1.807, 2.05) is 0 Å². The van der Waals surface area contributed by atoms with E-state index in [0.717, 1.165) is 0 Å². The average Bonchev–Trinajstić information content (AvgIpc) is 2.83. The van der Waals surface area contributed by atoms with Crippen molar-refractivity contribution in [2.75, 3.05) is 19.6 Å². The number of benzene rings is 1. The first-order valence-electron chi connectivity index (χ1n) is 8.41. The van der Waals surface area contributed by atoms with E-state index in [2.05, 4.69) is 10.6 Å². The molecule has 0 bridgehead atoms. The van der Waals surface area contributed by atoms with Crippen LogP contribution in [0, 0.1) is 5.92 Å². The molecule has 4 amide bonds. The molecule has 7 nitrogen and oxygen atoms in total. The second kappa shape index (κ2) is 8.41. The predicted octanol–water partition coefficient (Wildman–Crippen LogP) is 0.951. The third kappa shape index (κ3) is 4.65. The molecule has 25 heavy (non-hydrogen) atoms. The van der Waals surface area contributed by atoms with Gasteiger partial charge in [0.1, 0.15) is 0 Å². The number of hydrogen-bond donors (Lipinski definition) is 2. The largest absolute Gasteiger partial charge is 0.354 e. The van der Waals surface area contributed by atoms with Crippen LogP contribution in [0.5, 0.6) is 0 Å². The quantitative estimate of drug-likeness (QED) is 0.542. The van der Waals surface area contributed by atoms with Gasteiger partial charge in [-0.05, 0) is 18.6 Å². The molecule has 0 saturated carbocycles. The molecule has 0 radical (unpaired) electrons. The summed E-state index contributed by atoms with van der Waals surface area (Å²) in [5, 5.41) is 5.41. The Balaban J connectivity index is 1.68. The minimum Gasteiger partial charge on any atom is -0.354 e. The molecular weight excluding hydrogens is 322 g/mol. The lowest BCUT2D eigenvalue weighted by Gasteiger charge is -2.13. The van der Waals surface area contributed by atoms with Crippen molar-refractivity contribution in [1.29, 1.82) is 0 Å². The Bertz CT molecular complexity index is 650. The van der Waals surface area contributed by atoms with Gasteiger partial charge in [0.05, 0.1) is 11.1 Å². The van der Waals surface area contributed by atoms with Crippen LogP contribution in [0.25, 0.3) is 0 Å². The smallest absolute Gasteiger partial charge is 0.261 e. The Morgan fingerprint density at radius 3 is 2.12 bits per heavy atom.